The maximum atomic E-state index is 12.6. The van der Waals surface area contributed by atoms with Gasteiger partial charge in [-0.25, -0.2) is 4.79 Å². The van der Waals surface area contributed by atoms with Gasteiger partial charge in [-0.15, -0.1) is 0 Å². The lowest BCUT2D eigenvalue weighted by molar-refractivity contribution is -0.139. The Hall–Kier alpha value is -3.35. The third-order valence-electron chi connectivity index (χ3n) is 6.80. The average Bonchev–Trinajstić information content (AvgIpc) is 3.55. The van der Waals surface area contributed by atoms with Gasteiger partial charge >= 0.3 is 12.1 Å². The first-order valence-electron chi connectivity index (χ1n) is 12.1. The number of benzene rings is 2. The predicted molar refractivity (Wildman–Crippen MR) is 128 cm³/mol. The Morgan fingerprint density at radius 2 is 1.71 bits per heavy atom. The molecule has 1 saturated carbocycles. The van der Waals surface area contributed by atoms with Gasteiger partial charge in [0.05, 0.1) is 5.92 Å². The number of carboxylic acids is 1. The molecule has 0 heterocycles. The molecule has 3 atom stereocenters. The SMILES string of the molecule is CCCC[C@H](CC(=O)NC[C@@H]1C[C@@H]1C(=O)O)NC(=O)OCC1c2ccccc2-c2ccccc21. The monoisotopic (exact) mass is 464 g/mol. The Kier molecular flexibility index (Phi) is 7.50. The van der Waals surface area contributed by atoms with Crippen LogP contribution in [0.1, 0.15) is 56.1 Å². The predicted octanol–water partition coefficient (Wildman–Crippen LogP) is 4.31. The van der Waals surface area contributed by atoms with E-state index >= 15 is 0 Å². The van der Waals surface area contributed by atoms with Gasteiger partial charge < -0.3 is 20.5 Å². The molecule has 0 spiro atoms. The molecule has 2 aliphatic carbocycles. The number of unbranched alkanes of at least 4 members (excludes halogenated alkanes) is 1. The average molecular weight is 465 g/mol. The quantitative estimate of drug-likeness (QED) is 0.460. The van der Waals surface area contributed by atoms with Gasteiger partial charge in [0, 0.05) is 24.9 Å². The fourth-order valence-corrected chi connectivity index (χ4v) is 4.80. The third kappa shape index (κ3) is 5.58. The number of aliphatic carboxylic acids is 1. The Morgan fingerprint density at radius 1 is 1.06 bits per heavy atom. The fourth-order valence-electron chi connectivity index (χ4n) is 4.80. The zero-order valence-electron chi connectivity index (χ0n) is 19.5. The number of fused-ring (bicyclic) bond motifs is 3. The van der Waals surface area contributed by atoms with Crippen LogP contribution < -0.4 is 10.6 Å². The smallest absolute Gasteiger partial charge is 0.407 e. The van der Waals surface area contributed by atoms with Crippen LogP contribution in [0.15, 0.2) is 48.5 Å². The molecule has 2 aliphatic rings. The fraction of sp³-hybridized carbons (Fsp3) is 0.444. The molecule has 34 heavy (non-hydrogen) atoms. The number of carbonyl (C=O) groups excluding carboxylic acids is 2. The summed E-state index contributed by atoms with van der Waals surface area (Å²) < 4.78 is 5.63. The summed E-state index contributed by atoms with van der Waals surface area (Å²) in [6.07, 6.45) is 2.73. The Bertz CT molecular complexity index is 1010. The number of hydrogen-bond donors (Lipinski definition) is 3. The van der Waals surface area contributed by atoms with E-state index in [4.69, 9.17) is 9.84 Å². The molecule has 1 fully saturated rings. The maximum Gasteiger partial charge on any atom is 0.407 e. The van der Waals surface area contributed by atoms with E-state index in [1.54, 1.807) is 0 Å². The highest BCUT2D eigenvalue weighted by Crippen LogP contribution is 2.44. The van der Waals surface area contributed by atoms with Crippen LogP contribution in [0.4, 0.5) is 4.79 Å². The summed E-state index contributed by atoms with van der Waals surface area (Å²) >= 11 is 0. The van der Waals surface area contributed by atoms with Gasteiger partial charge in [-0.2, -0.15) is 0 Å². The molecular formula is C27H32N2O5. The van der Waals surface area contributed by atoms with Crippen molar-refractivity contribution in [2.45, 2.75) is 51.0 Å². The first-order chi connectivity index (χ1) is 16.5. The Balaban J connectivity index is 1.30. The van der Waals surface area contributed by atoms with Crippen molar-refractivity contribution in [1.29, 1.82) is 0 Å². The molecule has 0 saturated heterocycles. The van der Waals surface area contributed by atoms with Crippen LogP contribution in [0.3, 0.4) is 0 Å². The minimum atomic E-state index is -0.808. The molecule has 2 amide bonds. The summed E-state index contributed by atoms with van der Waals surface area (Å²) in [5, 5.41) is 14.7. The van der Waals surface area contributed by atoms with Crippen LogP contribution in [-0.2, 0) is 14.3 Å². The van der Waals surface area contributed by atoms with E-state index in [0.29, 0.717) is 19.4 Å². The van der Waals surface area contributed by atoms with E-state index in [2.05, 4.69) is 41.8 Å². The number of amides is 2. The maximum absolute atomic E-state index is 12.6. The molecule has 180 valence electrons. The standard InChI is InChI=1S/C27H32N2O5/c1-2-3-8-18(14-25(30)28-15-17-13-23(17)26(31)32)29-27(33)34-16-24-21-11-6-4-9-19(21)20-10-5-7-12-22(20)24/h4-7,9-12,17-18,23-24H,2-3,8,13-16H2,1H3,(H,28,30)(H,29,33)(H,31,32)/t17-,18+,23-/m0/s1. The highest BCUT2D eigenvalue weighted by atomic mass is 16.5. The van der Waals surface area contributed by atoms with Crippen molar-refractivity contribution in [1.82, 2.24) is 10.6 Å². The van der Waals surface area contributed by atoms with Crippen LogP contribution in [0.2, 0.25) is 0 Å². The normalized spacial score (nSPS) is 19.0. The lowest BCUT2D eigenvalue weighted by atomic mass is 9.98. The lowest BCUT2D eigenvalue weighted by Gasteiger charge is -2.20. The second kappa shape index (κ2) is 10.7. The van der Waals surface area contributed by atoms with Gasteiger partial charge in [0.25, 0.3) is 0 Å². The molecule has 3 N–H and O–H groups in total. The number of rotatable bonds is 11. The van der Waals surface area contributed by atoms with Crippen molar-refractivity contribution in [3.8, 4) is 11.1 Å². The van der Waals surface area contributed by atoms with Gasteiger partial charge in [0.15, 0.2) is 0 Å². The van der Waals surface area contributed by atoms with E-state index in [1.807, 2.05) is 24.3 Å². The Morgan fingerprint density at radius 3 is 2.29 bits per heavy atom. The zero-order chi connectivity index (χ0) is 24.1. The summed E-state index contributed by atoms with van der Waals surface area (Å²) in [6.45, 7) is 2.65. The molecular weight excluding hydrogens is 432 g/mol. The number of hydrogen-bond acceptors (Lipinski definition) is 4. The molecule has 0 aliphatic heterocycles. The van der Waals surface area contributed by atoms with E-state index < -0.39 is 12.1 Å². The lowest BCUT2D eigenvalue weighted by Crippen LogP contribution is -2.40. The molecule has 0 radical (unpaired) electrons. The molecule has 0 bridgehead atoms. The third-order valence-corrected chi connectivity index (χ3v) is 6.80. The molecule has 7 heteroatoms. The van der Waals surface area contributed by atoms with E-state index in [1.165, 1.54) is 11.1 Å². The van der Waals surface area contributed by atoms with Gasteiger partial charge in [-0.3, -0.25) is 9.59 Å². The van der Waals surface area contributed by atoms with E-state index in [9.17, 15) is 14.4 Å². The van der Waals surface area contributed by atoms with Crippen molar-refractivity contribution in [3.63, 3.8) is 0 Å². The van der Waals surface area contributed by atoms with Crippen molar-refractivity contribution in [3.05, 3.63) is 59.7 Å². The second-order valence-electron chi connectivity index (χ2n) is 9.26. The summed E-state index contributed by atoms with van der Waals surface area (Å²) in [4.78, 5) is 36.0. The minimum Gasteiger partial charge on any atom is -0.481 e. The number of alkyl carbamates (subject to hydrolysis) is 1. The van der Waals surface area contributed by atoms with Crippen LogP contribution in [-0.4, -0.2) is 42.3 Å². The largest absolute Gasteiger partial charge is 0.481 e. The van der Waals surface area contributed by atoms with Crippen LogP contribution >= 0.6 is 0 Å². The molecule has 4 rings (SSSR count). The Labute approximate surface area is 199 Å². The first kappa shape index (κ1) is 23.8. The minimum absolute atomic E-state index is 0.00522. The molecule has 2 aromatic rings. The van der Waals surface area contributed by atoms with E-state index in [0.717, 1.165) is 24.0 Å². The number of ether oxygens (including phenoxy) is 1. The summed E-state index contributed by atoms with van der Waals surface area (Å²) in [6, 6.07) is 16.0. The number of carboxylic acid groups (broad SMARTS) is 1. The topological polar surface area (TPSA) is 105 Å². The molecule has 0 aromatic heterocycles. The summed E-state index contributed by atoms with van der Waals surface area (Å²) in [5.41, 5.74) is 4.65. The summed E-state index contributed by atoms with van der Waals surface area (Å²) in [7, 11) is 0. The number of carbonyl (C=O) groups is 3. The van der Waals surface area contributed by atoms with Gasteiger partial charge in [0.2, 0.25) is 5.91 Å². The highest BCUT2D eigenvalue weighted by molar-refractivity contribution is 5.80. The van der Waals surface area contributed by atoms with Crippen molar-refractivity contribution in [2.24, 2.45) is 11.8 Å². The molecule has 7 nitrogen and oxygen atoms in total. The van der Waals surface area contributed by atoms with Crippen molar-refractivity contribution >= 4 is 18.0 Å². The second-order valence-corrected chi connectivity index (χ2v) is 9.26. The van der Waals surface area contributed by atoms with Gasteiger partial charge in [0.1, 0.15) is 6.61 Å². The van der Waals surface area contributed by atoms with Crippen LogP contribution in [0.25, 0.3) is 11.1 Å². The molecule has 0 unspecified atom stereocenters. The summed E-state index contributed by atoms with van der Waals surface area (Å²) in [5.74, 6) is -1.36. The van der Waals surface area contributed by atoms with Crippen molar-refractivity contribution < 1.29 is 24.2 Å². The highest BCUT2D eigenvalue weighted by Gasteiger charge is 2.43. The zero-order valence-corrected chi connectivity index (χ0v) is 19.5. The molecule has 2 aromatic carbocycles. The first-order valence-corrected chi connectivity index (χ1v) is 12.1. The van der Waals surface area contributed by atoms with Gasteiger partial charge in [-0.1, -0.05) is 68.3 Å². The van der Waals surface area contributed by atoms with Crippen LogP contribution in [0.5, 0.6) is 0 Å². The van der Waals surface area contributed by atoms with Gasteiger partial charge in [-0.05, 0) is 41.0 Å². The van der Waals surface area contributed by atoms with Crippen LogP contribution in [0, 0.1) is 11.8 Å². The van der Waals surface area contributed by atoms with E-state index in [-0.39, 0.29) is 42.7 Å². The number of nitrogens with one attached hydrogen (secondary N) is 2. The van der Waals surface area contributed by atoms with Crippen molar-refractivity contribution in [2.75, 3.05) is 13.2 Å².